The quantitative estimate of drug-likeness (QED) is 0.683. The van der Waals surface area contributed by atoms with Crippen LogP contribution in [0.3, 0.4) is 0 Å². The van der Waals surface area contributed by atoms with Crippen LogP contribution in [0.5, 0.6) is 0 Å². The highest BCUT2D eigenvalue weighted by Gasteiger charge is 2.16. The Kier molecular flexibility index (Phi) is 2.97. The summed E-state index contributed by atoms with van der Waals surface area (Å²) in [5.74, 6) is -1.02. The van der Waals surface area contributed by atoms with Crippen LogP contribution in [0.2, 0.25) is 0 Å². The van der Waals surface area contributed by atoms with E-state index >= 15 is 0 Å². The zero-order chi connectivity index (χ0) is 14.4. The summed E-state index contributed by atoms with van der Waals surface area (Å²) in [6.45, 7) is 1.89. The number of aromatic nitrogens is 2. The summed E-state index contributed by atoms with van der Waals surface area (Å²) in [5, 5.41) is 0. The second-order valence-electron chi connectivity index (χ2n) is 4.47. The number of nitrogen functional groups attached to an aromatic ring is 1. The van der Waals surface area contributed by atoms with Crippen LogP contribution in [-0.2, 0) is 0 Å². The zero-order valence-electron chi connectivity index (χ0n) is 10.5. The first-order valence-electron chi connectivity index (χ1n) is 5.87. The third kappa shape index (κ3) is 1.87. The topological polar surface area (TPSA) is 43.8 Å². The first kappa shape index (κ1) is 13.1. The fourth-order valence-corrected chi connectivity index (χ4v) is 2.51. The van der Waals surface area contributed by atoms with E-state index in [2.05, 4.69) is 20.9 Å². The summed E-state index contributed by atoms with van der Waals surface area (Å²) in [7, 11) is 0. The molecule has 0 aliphatic heterocycles. The largest absolute Gasteiger partial charge is 0.369 e. The zero-order valence-corrected chi connectivity index (χ0v) is 12.1. The molecule has 3 aromatic rings. The molecule has 2 N–H and O–H groups in total. The van der Waals surface area contributed by atoms with Crippen molar-refractivity contribution in [2.24, 2.45) is 0 Å². The van der Waals surface area contributed by atoms with Crippen LogP contribution >= 0.6 is 15.9 Å². The fraction of sp³-hybridized carbons (Fsp3) is 0.0714. The summed E-state index contributed by atoms with van der Waals surface area (Å²) >= 11 is 2.95. The maximum absolute atomic E-state index is 14.1. The minimum absolute atomic E-state index is 0.0382. The number of nitrogens with two attached hydrogens (primary N) is 1. The molecule has 0 amide bonds. The number of benzene rings is 2. The van der Waals surface area contributed by atoms with Crippen molar-refractivity contribution in [3.8, 4) is 5.69 Å². The van der Waals surface area contributed by atoms with Crippen LogP contribution in [0.4, 0.5) is 14.7 Å². The lowest BCUT2D eigenvalue weighted by molar-refractivity contribution is 0.589. The van der Waals surface area contributed by atoms with Crippen LogP contribution in [0.1, 0.15) is 5.56 Å². The minimum atomic E-state index is -0.578. The number of rotatable bonds is 1. The Hall–Kier alpha value is -1.95. The van der Waals surface area contributed by atoms with Gasteiger partial charge >= 0.3 is 0 Å². The first-order valence-corrected chi connectivity index (χ1v) is 6.67. The van der Waals surface area contributed by atoms with Gasteiger partial charge in [0.1, 0.15) is 11.6 Å². The Bertz CT molecular complexity index is 827. The number of fused-ring (bicyclic) bond motifs is 1. The molecule has 3 nitrogen and oxygen atoms in total. The normalized spacial score (nSPS) is 11.2. The molecule has 6 heteroatoms. The van der Waals surface area contributed by atoms with Gasteiger partial charge in [-0.05, 0) is 40.5 Å². The number of aryl methyl sites for hydroxylation is 1. The fourth-order valence-electron chi connectivity index (χ4n) is 2.19. The SMILES string of the molecule is Cc1cccc2c1nc(N)n2-c1cc(F)c(Br)cc1F. The number of hydrogen-bond donors (Lipinski definition) is 1. The molecule has 2 aromatic carbocycles. The maximum atomic E-state index is 14.1. The van der Waals surface area contributed by atoms with Gasteiger partial charge in [0.2, 0.25) is 5.95 Å². The molecule has 0 fully saturated rings. The van der Waals surface area contributed by atoms with E-state index in [0.717, 1.165) is 17.7 Å². The molecular formula is C14H10BrF2N3. The third-order valence-corrected chi connectivity index (χ3v) is 3.75. The minimum Gasteiger partial charge on any atom is -0.369 e. The van der Waals surface area contributed by atoms with Gasteiger partial charge < -0.3 is 5.73 Å². The van der Waals surface area contributed by atoms with Crippen LogP contribution < -0.4 is 5.73 Å². The van der Waals surface area contributed by atoms with E-state index in [9.17, 15) is 8.78 Å². The van der Waals surface area contributed by atoms with Gasteiger partial charge in [-0.3, -0.25) is 4.57 Å². The van der Waals surface area contributed by atoms with E-state index in [0.29, 0.717) is 11.0 Å². The molecule has 3 rings (SSSR count). The number of anilines is 1. The van der Waals surface area contributed by atoms with Crippen molar-refractivity contribution < 1.29 is 8.78 Å². The lowest BCUT2D eigenvalue weighted by Crippen LogP contribution is -2.04. The number of nitrogens with zero attached hydrogens (tertiary/aromatic N) is 2. The Morgan fingerprint density at radius 3 is 2.70 bits per heavy atom. The Morgan fingerprint density at radius 2 is 1.95 bits per heavy atom. The molecule has 0 bridgehead atoms. The molecule has 0 saturated carbocycles. The number of hydrogen-bond acceptors (Lipinski definition) is 2. The summed E-state index contributed by atoms with van der Waals surface area (Å²) in [6, 6.07) is 7.65. The summed E-state index contributed by atoms with van der Waals surface area (Å²) in [5.41, 5.74) is 8.14. The van der Waals surface area contributed by atoms with Crippen LogP contribution in [0.25, 0.3) is 16.7 Å². The van der Waals surface area contributed by atoms with Crippen LogP contribution in [-0.4, -0.2) is 9.55 Å². The molecule has 1 aromatic heterocycles. The maximum Gasteiger partial charge on any atom is 0.206 e. The Labute approximate surface area is 122 Å². The van der Waals surface area contributed by atoms with Crippen molar-refractivity contribution in [3.05, 3.63) is 52.0 Å². The number of halogens is 3. The van der Waals surface area contributed by atoms with E-state index in [1.165, 1.54) is 4.57 Å². The second kappa shape index (κ2) is 4.56. The van der Waals surface area contributed by atoms with Gasteiger partial charge in [0, 0.05) is 6.07 Å². The smallest absolute Gasteiger partial charge is 0.206 e. The highest BCUT2D eigenvalue weighted by molar-refractivity contribution is 9.10. The van der Waals surface area contributed by atoms with Crippen molar-refractivity contribution >= 4 is 32.9 Å². The number of imidazole rings is 1. The van der Waals surface area contributed by atoms with Gasteiger partial charge in [0.25, 0.3) is 0 Å². The van der Waals surface area contributed by atoms with Gasteiger partial charge in [-0.1, -0.05) is 12.1 Å². The molecular weight excluding hydrogens is 328 g/mol. The van der Waals surface area contributed by atoms with E-state index in [4.69, 9.17) is 5.73 Å². The predicted octanol–water partition coefficient (Wildman–Crippen LogP) is 3.96. The third-order valence-electron chi connectivity index (χ3n) is 3.14. The van der Waals surface area contributed by atoms with Gasteiger partial charge in [0.05, 0.1) is 21.2 Å². The summed E-state index contributed by atoms with van der Waals surface area (Å²) in [4.78, 5) is 4.22. The van der Waals surface area contributed by atoms with Crippen molar-refractivity contribution in [1.29, 1.82) is 0 Å². The highest BCUT2D eigenvalue weighted by atomic mass is 79.9. The van der Waals surface area contributed by atoms with Gasteiger partial charge in [0.15, 0.2) is 0 Å². The molecule has 20 heavy (non-hydrogen) atoms. The van der Waals surface area contributed by atoms with Crippen LogP contribution in [0, 0.1) is 18.6 Å². The lowest BCUT2D eigenvalue weighted by Gasteiger charge is -2.09. The highest BCUT2D eigenvalue weighted by Crippen LogP contribution is 2.29. The van der Waals surface area contributed by atoms with E-state index < -0.39 is 11.6 Å². The molecule has 0 radical (unpaired) electrons. The monoisotopic (exact) mass is 337 g/mol. The standard InChI is InChI=1S/C14H10BrF2N3/c1-7-3-2-4-11-13(7)19-14(18)20(11)12-6-9(16)8(15)5-10(12)17/h2-6H,1H3,(H2,18,19). The second-order valence-corrected chi connectivity index (χ2v) is 5.32. The van der Waals surface area contributed by atoms with Crippen LogP contribution in [0.15, 0.2) is 34.8 Å². The Morgan fingerprint density at radius 1 is 1.20 bits per heavy atom. The first-order chi connectivity index (χ1) is 9.49. The molecule has 0 atom stereocenters. The average Bonchev–Trinajstić information content (AvgIpc) is 2.72. The van der Waals surface area contributed by atoms with E-state index in [-0.39, 0.29) is 16.1 Å². The molecule has 0 aliphatic carbocycles. The van der Waals surface area contributed by atoms with E-state index in [1.54, 1.807) is 6.07 Å². The van der Waals surface area contributed by atoms with Gasteiger partial charge in [-0.2, -0.15) is 0 Å². The molecule has 0 aliphatic rings. The van der Waals surface area contributed by atoms with Gasteiger partial charge in [-0.15, -0.1) is 0 Å². The van der Waals surface area contributed by atoms with Crippen molar-refractivity contribution in [2.75, 3.05) is 5.73 Å². The molecule has 0 saturated heterocycles. The predicted molar refractivity (Wildman–Crippen MR) is 77.8 cm³/mol. The molecule has 1 heterocycles. The van der Waals surface area contributed by atoms with Crippen molar-refractivity contribution in [2.45, 2.75) is 6.92 Å². The molecule has 102 valence electrons. The molecule has 0 unspecified atom stereocenters. The number of para-hydroxylation sites is 1. The average molecular weight is 338 g/mol. The Balaban J connectivity index is 2.38. The van der Waals surface area contributed by atoms with Gasteiger partial charge in [-0.25, -0.2) is 13.8 Å². The summed E-state index contributed by atoms with van der Waals surface area (Å²) in [6.07, 6.45) is 0. The van der Waals surface area contributed by atoms with Crippen molar-refractivity contribution in [3.63, 3.8) is 0 Å². The summed E-state index contributed by atoms with van der Waals surface area (Å²) < 4.78 is 29.3. The van der Waals surface area contributed by atoms with Crippen molar-refractivity contribution in [1.82, 2.24) is 9.55 Å². The lowest BCUT2D eigenvalue weighted by atomic mass is 10.2. The van der Waals surface area contributed by atoms with E-state index in [1.807, 2.05) is 19.1 Å². The molecule has 0 spiro atoms.